The van der Waals surface area contributed by atoms with Crippen molar-refractivity contribution in [1.82, 2.24) is 14.4 Å². The summed E-state index contributed by atoms with van der Waals surface area (Å²) in [5.41, 5.74) is 2.83. The molecule has 0 radical (unpaired) electrons. The predicted octanol–water partition coefficient (Wildman–Crippen LogP) is 3.92. The molecule has 0 aliphatic carbocycles. The lowest BCUT2D eigenvalue weighted by atomic mass is 10.0. The Morgan fingerprint density at radius 1 is 0.969 bits per heavy atom. The van der Waals surface area contributed by atoms with Crippen LogP contribution in [0.15, 0.2) is 64.0 Å². The van der Waals surface area contributed by atoms with Gasteiger partial charge in [0.05, 0.1) is 4.90 Å². The van der Waals surface area contributed by atoms with Gasteiger partial charge in [-0.1, -0.05) is 61.5 Å². The molecule has 0 unspecified atom stereocenters. The minimum Gasteiger partial charge on any atom is -0.360 e. The van der Waals surface area contributed by atoms with E-state index in [4.69, 9.17) is 4.52 Å². The summed E-state index contributed by atoms with van der Waals surface area (Å²) in [6.45, 7) is 6.95. The number of hydrogen-bond acceptors (Lipinski definition) is 5. The molecule has 1 aromatic heterocycles. The zero-order valence-electron chi connectivity index (χ0n) is 18.5. The highest BCUT2D eigenvalue weighted by molar-refractivity contribution is 7.89. The molecule has 3 aromatic rings. The van der Waals surface area contributed by atoms with Crippen LogP contribution in [0.1, 0.15) is 41.4 Å². The number of amides is 1. The number of hydrogen-bond donors (Lipinski definition) is 0. The highest BCUT2D eigenvalue weighted by Gasteiger charge is 2.33. The van der Waals surface area contributed by atoms with Gasteiger partial charge in [-0.15, -0.1) is 0 Å². The smallest absolute Gasteiger partial charge is 0.259 e. The molecule has 8 heteroatoms. The van der Waals surface area contributed by atoms with Gasteiger partial charge in [0.25, 0.3) is 5.91 Å². The normalized spacial score (nSPS) is 15.3. The number of rotatable bonds is 5. The van der Waals surface area contributed by atoms with Crippen LogP contribution in [0.5, 0.6) is 0 Å². The molecule has 32 heavy (non-hydrogen) atoms. The van der Waals surface area contributed by atoms with Crippen molar-refractivity contribution in [3.8, 4) is 11.3 Å². The van der Waals surface area contributed by atoms with Gasteiger partial charge in [0, 0.05) is 31.7 Å². The molecule has 1 amide bonds. The third kappa shape index (κ3) is 4.20. The van der Waals surface area contributed by atoms with Crippen molar-refractivity contribution in [1.29, 1.82) is 0 Å². The average molecular weight is 454 g/mol. The average Bonchev–Trinajstić information content (AvgIpc) is 3.20. The molecule has 4 rings (SSSR count). The Morgan fingerprint density at radius 2 is 1.59 bits per heavy atom. The summed E-state index contributed by atoms with van der Waals surface area (Å²) in [6, 6.07) is 16.5. The van der Waals surface area contributed by atoms with Crippen LogP contribution in [0.25, 0.3) is 11.3 Å². The fourth-order valence-electron chi connectivity index (χ4n) is 3.88. The first-order valence-corrected chi connectivity index (χ1v) is 12.1. The SMILES string of the molecule is Cc1onc(-c2ccccc2)c1C(=O)N1CCN(S(=O)(=O)c2ccc(C(C)C)cc2)CC1. The maximum Gasteiger partial charge on any atom is 0.259 e. The van der Waals surface area contributed by atoms with Gasteiger partial charge in [-0.2, -0.15) is 4.31 Å². The van der Waals surface area contributed by atoms with Gasteiger partial charge in [-0.3, -0.25) is 4.79 Å². The van der Waals surface area contributed by atoms with Gasteiger partial charge < -0.3 is 9.42 Å². The summed E-state index contributed by atoms with van der Waals surface area (Å²) < 4.78 is 32.9. The maximum atomic E-state index is 13.3. The van der Waals surface area contributed by atoms with E-state index < -0.39 is 10.0 Å². The quantitative estimate of drug-likeness (QED) is 0.585. The zero-order chi connectivity index (χ0) is 22.9. The Morgan fingerprint density at radius 3 is 2.19 bits per heavy atom. The topological polar surface area (TPSA) is 83.7 Å². The number of nitrogens with zero attached hydrogens (tertiary/aromatic N) is 3. The summed E-state index contributed by atoms with van der Waals surface area (Å²) >= 11 is 0. The Bertz CT molecular complexity index is 1190. The van der Waals surface area contributed by atoms with E-state index in [1.165, 1.54) is 4.31 Å². The van der Waals surface area contributed by atoms with Crippen LogP contribution in [-0.4, -0.2) is 54.9 Å². The molecule has 168 valence electrons. The van der Waals surface area contributed by atoms with Gasteiger partial charge >= 0.3 is 0 Å². The van der Waals surface area contributed by atoms with Gasteiger partial charge in [0.2, 0.25) is 10.0 Å². The Hall–Kier alpha value is -2.97. The number of benzene rings is 2. The zero-order valence-corrected chi connectivity index (χ0v) is 19.3. The summed E-state index contributed by atoms with van der Waals surface area (Å²) in [5, 5.41) is 4.09. The monoisotopic (exact) mass is 453 g/mol. The number of sulfonamides is 1. The van der Waals surface area contributed by atoms with E-state index in [2.05, 4.69) is 19.0 Å². The lowest BCUT2D eigenvalue weighted by Gasteiger charge is -2.34. The van der Waals surface area contributed by atoms with E-state index >= 15 is 0 Å². The van der Waals surface area contributed by atoms with E-state index in [1.807, 2.05) is 42.5 Å². The van der Waals surface area contributed by atoms with Crippen LogP contribution in [0.2, 0.25) is 0 Å². The minimum absolute atomic E-state index is 0.194. The number of piperazine rings is 1. The maximum absolute atomic E-state index is 13.3. The first kappa shape index (κ1) is 22.2. The second kappa shape index (κ2) is 8.88. The number of aromatic nitrogens is 1. The molecule has 1 saturated heterocycles. The molecule has 7 nitrogen and oxygen atoms in total. The fraction of sp³-hybridized carbons (Fsp3) is 0.333. The van der Waals surface area contributed by atoms with Crippen LogP contribution in [0.3, 0.4) is 0 Å². The summed E-state index contributed by atoms with van der Waals surface area (Å²) in [5.74, 6) is 0.595. The fourth-order valence-corrected chi connectivity index (χ4v) is 5.30. The second-order valence-electron chi connectivity index (χ2n) is 8.25. The molecule has 1 aliphatic heterocycles. The molecule has 0 bridgehead atoms. The Kier molecular flexibility index (Phi) is 6.17. The number of carbonyl (C=O) groups is 1. The van der Waals surface area contributed by atoms with Gasteiger partial charge in [0.1, 0.15) is 17.0 Å². The highest BCUT2D eigenvalue weighted by Crippen LogP contribution is 2.27. The van der Waals surface area contributed by atoms with E-state index in [0.29, 0.717) is 36.0 Å². The summed E-state index contributed by atoms with van der Waals surface area (Å²) in [6.07, 6.45) is 0. The Labute approximate surface area is 188 Å². The van der Waals surface area contributed by atoms with E-state index in [0.717, 1.165) is 11.1 Å². The molecule has 0 spiro atoms. The molecule has 2 heterocycles. The van der Waals surface area contributed by atoms with Crippen molar-refractivity contribution < 1.29 is 17.7 Å². The number of carbonyl (C=O) groups excluding carboxylic acids is 1. The summed E-state index contributed by atoms with van der Waals surface area (Å²) in [7, 11) is -3.60. The molecule has 0 saturated carbocycles. The molecule has 1 fully saturated rings. The molecule has 0 atom stereocenters. The van der Waals surface area contributed by atoms with Crippen LogP contribution in [0.4, 0.5) is 0 Å². The van der Waals surface area contributed by atoms with Crippen molar-refractivity contribution in [3.05, 3.63) is 71.5 Å². The standard InChI is InChI=1S/C24H27N3O4S/c1-17(2)19-9-11-21(12-10-19)32(29,30)27-15-13-26(14-16-27)24(28)22-18(3)31-25-23(22)20-7-5-4-6-8-20/h4-12,17H,13-16H2,1-3H3. The molecular weight excluding hydrogens is 426 g/mol. The van der Waals surface area contributed by atoms with Crippen molar-refractivity contribution in [3.63, 3.8) is 0 Å². The van der Waals surface area contributed by atoms with E-state index in [9.17, 15) is 13.2 Å². The van der Waals surface area contributed by atoms with Gasteiger partial charge in [0.15, 0.2) is 0 Å². The predicted molar refractivity (Wildman–Crippen MR) is 122 cm³/mol. The van der Waals surface area contributed by atoms with E-state index in [-0.39, 0.29) is 23.9 Å². The lowest BCUT2D eigenvalue weighted by molar-refractivity contribution is 0.0696. The van der Waals surface area contributed by atoms with Crippen molar-refractivity contribution in [2.75, 3.05) is 26.2 Å². The van der Waals surface area contributed by atoms with Crippen molar-refractivity contribution >= 4 is 15.9 Å². The van der Waals surface area contributed by atoms with Crippen molar-refractivity contribution in [2.45, 2.75) is 31.6 Å². The van der Waals surface area contributed by atoms with Gasteiger partial charge in [-0.25, -0.2) is 8.42 Å². The molecular formula is C24H27N3O4S. The third-order valence-electron chi connectivity index (χ3n) is 5.83. The van der Waals surface area contributed by atoms with Gasteiger partial charge in [-0.05, 0) is 30.5 Å². The number of aryl methyl sites for hydroxylation is 1. The van der Waals surface area contributed by atoms with Crippen LogP contribution in [0, 0.1) is 6.92 Å². The second-order valence-corrected chi connectivity index (χ2v) is 10.2. The molecule has 0 N–H and O–H groups in total. The third-order valence-corrected chi connectivity index (χ3v) is 7.75. The van der Waals surface area contributed by atoms with Crippen LogP contribution in [-0.2, 0) is 10.0 Å². The van der Waals surface area contributed by atoms with Crippen molar-refractivity contribution in [2.24, 2.45) is 0 Å². The summed E-state index contributed by atoms with van der Waals surface area (Å²) in [4.78, 5) is 15.2. The minimum atomic E-state index is -3.60. The Balaban J connectivity index is 1.49. The molecule has 2 aromatic carbocycles. The first-order valence-electron chi connectivity index (χ1n) is 10.7. The van der Waals surface area contributed by atoms with E-state index in [1.54, 1.807) is 24.0 Å². The van der Waals surface area contributed by atoms with Crippen LogP contribution >= 0.6 is 0 Å². The lowest BCUT2D eigenvalue weighted by Crippen LogP contribution is -2.50. The first-order chi connectivity index (χ1) is 15.3. The molecule has 1 aliphatic rings. The van der Waals surface area contributed by atoms with Crippen LogP contribution < -0.4 is 0 Å². The highest BCUT2D eigenvalue weighted by atomic mass is 32.2. The largest absolute Gasteiger partial charge is 0.360 e.